The summed E-state index contributed by atoms with van der Waals surface area (Å²) < 4.78 is 0. The predicted octanol–water partition coefficient (Wildman–Crippen LogP) is 1.15. The van der Waals surface area contributed by atoms with Gasteiger partial charge in [-0.1, -0.05) is 0 Å². The van der Waals surface area contributed by atoms with Crippen LogP contribution in [0.5, 0.6) is 5.75 Å². The molecule has 0 fully saturated rings. The highest BCUT2D eigenvalue weighted by molar-refractivity contribution is 5.98. The summed E-state index contributed by atoms with van der Waals surface area (Å²) in [5.74, 6) is -0.115. The topological polar surface area (TPSA) is 63.1 Å². The van der Waals surface area contributed by atoms with Crippen molar-refractivity contribution >= 4 is 17.2 Å². The molecular weight excluding hydrogens is 168 g/mol. The van der Waals surface area contributed by atoms with Crippen molar-refractivity contribution in [2.24, 2.45) is 0 Å². The molecule has 0 saturated carbocycles. The smallest absolute Gasteiger partial charge is 0.154 e. The fraction of sp³-hybridized carbons (Fsp3) is 0. The molecule has 0 aliphatic carbocycles. The molecule has 0 aromatic carbocycles. The number of pyridine rings is 2. The Balaban J connectivity index is 2.91. The highest BCUT2D eigenvalue weighted by Gasteiger charge is 2.05. The number of carbonyl (C=O) groups excluding carboxylic acids is 1. The Labute approximate surface area is 73.9 Å². The van der Waals surface area contributed by atoms with Gasteiger partial charge in [-0.25, -0.2) is 0 Å². The van der Waals surface area contributed by atoms with E-state index in [1.165, 1.54) is 12.4 Å². The maximum absolute atomic E-state index is 10.6. The average molecular weight is 174 g/mol. The maximum atomic E-state index is 10.6. The molecule has 64 valence electrons. The van der Waals surface area contributed by atoms with Gasteiger partial charge in [0.25, 0.3) is 0 Å². The SMILES string of the molecule is O=Cc1c(O)cnc2ccncc12. The molecule has 2 aromatic heterocycles. The lowest BCUT2D eigenvalue weighted by atomic mass is 10.1. The van der Waals surface area contributed by atoms with Crippen LogP contribution in [0.15, 0.2) is 24.7 Å². The lowest BCUT2D eigenvalue weighted by Crippen LogP contribution is -1.88. The number of rotatable bonds is 1. The average Bonchev–Trinajstić information content (AvgIpc) is 2.18. The zero-order chi connectivity index (χ0) is 9.26. The van der Waals surface area contributed by atoms with E-state index < -0.39 is 0 Å². The van der Waals surface area contributed by atoms with Gasteiger partial charge in [-0.15, -0.1) is 0 Å². The van der Waals surface area contributed by atoms with Gasteiger partial charge in [0.05, 0.1) is 17.3 Å². The van der Waals surface area contributed by atoms with E-state index >= 15 is 0 Å². The van der Waals surface area contributed by atoms with E-state index in [4.69, 9.17) is 0 Å². The minimum atomic E-state index is -0.115. The Morgan fingerprint density at radius 1 is 1.38 bits per heavy atom. The number of carbonyl (C=O) groups is 1. The summed E-state index contributed by atoms with van der Waals surface area (Å²) in [5, 5.41) is 9.85. The van der Waals surface area contributed by atoms with Crippen molar-refractivity contribution in [1.29, 1.82) is 0 Å². The van der Waals surface area contributed by atoms with Crippen LogP contribution in [0.25, 0.3) is 10.9 Å². The predicted molar refractivity (Wildman–Crippen MR) is 46.6 cm³/mol. The largest absolute Gasteiger partial charge is 0.506 e. The molecule has 0 saturated heterocycles. The van der Waals surface area contributed by atoms with Crippen LogP contribution in [0.3, 0.4) is 0 Å². The van der Waals surface area contributed by atoms with Crippen LogP contribution >= 0.6 is 0 Å². The molecule has 0 radical (unpaired) electrons. The highest BCUT2D eigenvalue weighted by atomic mass is 16.3. The summed E-state index contributed by atoms with van der Waals surface area (Å²) in [6.07, 6.45) is 4.94. The maximum Gasteiger partial charge on any atom is 0.154 e. The fourth-order valence-electron chi connectivity index (χ4n) is 1.17. The van der Waals surface area contributed by atoms with E-state index in [1.54, 1.807) is 12.3 Å². The summed E-state index contributed by atoms with van der Waals surface area (Å²) in [6.45, 7) is 0. The van der Waals surface area contributed by atoms with Crippen molar-refractivity contribution in [2.75, 3.05) is 0 Å². The van der Waals surface area contributed by atoms with Gasteiger partial charge in [0.1, 0.15) is 5.75 Å². The molecule has 4 nitrogen and oxygen atoms in total. The number of aldehydes is 1. The summed E-state index contributed by atoms with van der Waals surface area (Å²) in [6, 6.07) is 1.68. The van der Waals surface area contributed by atoms with Crippen LogP contribution in [-0.4, -0.2) is 21.4 Å². The van der Waals surface area contributed by atoms with Gasteiger partial charge in [-0.3, -0.25) is 14.8 Å². The first-order valence-corrected chi connectivity index (χ1v) is 3.70. The molecule has 2 rings (SSSR count). The molecule has 4 heteroatoms. The van der Waals surface area contributed by atoms with Gasteiger partial charge in [0, 0.05) is 17.8 Å². The zero-order valence-corrected chi connectivity index (χ0v) is 6.64. The van der Waals surface area contributed by atoms with Crippen LogP contribution in [0.2, 0.25) is 0 Å². The Morgan fingerprint density at radius 3 is 3.00 bits per heavy atom. The minimum Gasteiger partial charge on any atom is -0.506 e. The number of fused-ring (bicyclic) bond motifs is 1. The Morgan fingerprint density at radius 2 is 2.23 bits per heavy atom. The first-order valence-electron chi connectivity index (χ1n) is 3.70. The van der Waals surface area contributed by atoms with Gasteiger partial charge in [-0.05, 0) is 6.07 Å². The van der Waals surface area contributed by atoms with Gasteiger partial charge >= 0.3 is 0 Å². The van der Waals surface area contributed by atoms with Crippen LogP contribution in [0, 0.1) is 0 Å². The standard InChI is InChI=1S/C9H6N2O2/c12-5-7-6-3-10-2-1-8(6)11-4-9(7)13/h1-5,13H. The van der Waals surface area contributed by atoms with E-state index in [-0.39, 0.29) is 11.3 Å². The highest BCUT2D eigenvalue weighted by Crippen LogP contribution is 2.21. The van der Waals surface area contributed by atoms with Crippen LogP contribution in [0.1, 0.15) is 10.4 Å². The van der Waals surface area contributed by atoms with Crippen LogP contribution in [0.4, 0.5) is 0 Å². The monoisotopic (exact) mass is 174 g/mol. The number of hydrogen-bond donors (Lipinski definition) is 1. The fourth-order valence-corrected chi connectivity index (χ4v) is 1.17. The van der Waals surface area contributed by atoms with Crippen molar-refractivity contribution in [3.8, 4) is 5.75 Å². The quantitative estimate of drug-likeness (QED) is 0.658. The molecule has 13 heavy (non-hydrogen) atoms. The Hall–Kier alpha value is -1.97. The summed E-state index contributed by atoms with van der Waals surface area (Å²) in [4.78, 5) is 18.4. The summed E-state index contributed by atoms with van der Waals surface area (Å²) in [7, 11) is 0. The van der Waals surface area contributed by atoms with Crippen molar-refractivity contribution in [3.05, 3.63) is 30.2 Å². The van der Waals surface area contributed by atoms with Gasteiger partial charge in [0.2, 0.25) is 0 Å². The van der Waals surface area contributed by atoms with E-state index in [0.29, 0.717) is 17.2 Å². The minimum absolute atomic E-state index is 0.115. The third-order valence-corrected chi connectivity index (χ3v) is 1.81. The molecule has 2 aromatic rings. The molecule has 0 aliphatic rings. The second kappa shape index (κ2) is 2.82. The molecule has 2 heterocycles. The third-order valence-electron chi connectivity index (χ3n) is 1.81. The first kappa shape index (κ1) is 7.67. The van der Waals surface area contributed by atoms with Crippen LogP contribution < -0.4 is 0 Å². The Bertz CT molecular complexity index is 468. The molecule has 0 spiro atoms. The van der Waals surface area contributed by atoms with Crippen molar-refractivity contribution in [3.63, 3.8) is 0 Å². The van der Waals surface area contributed by atoms with Crippen LogP contribution in [-0.2, 0) is 0 Å². The van der Waals surface area contributed by atoms with E-state index in [2.05, 4.69) is 9.97 Å². The van der Waals surface area contributed by atoms with Crippen molar-refractivity contribution in [1.82, 2.24) is 9.97 Å². The zero-order valence-electron chi connectivity index (χ0n) is 6.64. The van der Waals surface area contributed by atoms with Gasteiger partial charge < -0.3 is 5.11 Å². The third kappa shape index (κ3) is 1.12. The molecule has 0 aliphatic heterocycles. The molecule has 0 atom stereocenters. The van der Waals surface area contributed by atoms with Gasteiger partial charge in [-0.2, -0.15) is 0 Å². The molecule has 0 amide bonds. The molecule has 0 bridgehead atoms. The molecule has 0 unspecified atom stereocenters. The van der Waals surface area contributed by atoms with E-state index in [1.807, 2.05) is 0 Å². The molecular formula is C9H6N2O2. The number of aromatic nitrogens is 2. The second-order valence-electron chi connectivity index (χ2n) is 2.57. The van der Waals surface area contributed by atoms with E-state index in [9.17, 15) is 9.90 Å². The normalized spacial score (nSPS) is 10.2. The lowest BCUT2D eigenvalue weighted by molar-refractivity contribution is 0.112. The van der Waals surface area contributed by atoms with Gasteiger partial charge in [0.15, 0.2) is 6.29 Å². The lowest BCUT2D eigenvalue weighted by Gasteiger charge is -2.00. The second-order valence-corrected chi connectivity index (χ2v) is 2.57. The first-order chi connectivity index (χ1) is 6.33. The summed E-state index contributed by atoms with van der Waals surface area (Å²) >= 11 is 0. The Kier molecular flexibility index (Phi) is 1.66. The van der Waals surface area contributed by atoms with E-state index in [0.717, 1.165) is 0 Å². The van der Waals surface area contributed by atoms with Crippen molar-refractivity contribution < 1.29 is 9.90 Å². The van der Waals surface area contributed by atoms with Crippen molar-refractivity contribution in [2.45, 2.75) is 0 Å². The molecule has 1 N–H and O–H groups in total. The number of aromatic hydroxyl groups is 1. The number of nitrogens with zero attached hydrogens (tertiary/aromatic N) is 2. The number of hydrogen-bond acceptors (Lipinski definition) is 4. The summed E-state index contributed by atoms with van der Waals surface area (Å²) in [5.41, 5.74) is 0.882.